The van der Waals surface area contributed by atoms with Crippen molar-refractivity contribution < 1.29 is 13.6 Å². The standard InChI is InChI=1S/C15H15F2N3O/c1-2-7-18-11-4-6-14(19-9-11)15(21)20-13-5-3-10(16)8-12(13)17/h3-6,8-9,18H,2,7H2,1H3,(H,20,21). The third-order valence-corrected chi connectivity index (χ3v) is 2.75. The Hall–Kier alpha value is -2.50. The predicted molar refractivity (Wildman–Crippen MR) is 77.3 cm³/mol. The minimum Gasteiger partial charge on any atom is -0.384 e. The monoisotopic (exact) mass is 291 g/mol. The second-order valence-corrected chi connectivity index (χ2v) is 4.44. The summed E-state index contributed by atoms with van der Waals surface area (Å²) >= 11 is 0. The van der Waals surface area contributed by atoms with Gasteiger partial charge in [-0.05, 0) is 30.7 Å². The van der Waals surface area contributed by atoms with Crippen molar-refractivity contribution in [2.24, 2.45) is 0 Å². The fourth-order valence-electron chi connectivity index (χ4n) is 1.68. The van der Waals surface area contributed by atoms with E-state index in [4.69, 9.17) is 0 Å². The molecule has 0 radical (unpaired) electrons. The second-order valence-electron chi connectivity index (χ2n) is 4.44. The van der Waals surface area contributed by atoms with Gasteiger partial charge in [0.15, 0.2) is 0 Å². The molecule has 0 fully saturated rings. The average Bonchev–Trinajstić information content (AvgIpc) is 2.48. The summed E-state index contributed by atoms with van der Waals surface area (Å²) in [5.74, 6) is -2.08. The topological polar surface area (TPSA) is 54.0 Å². The van der Waals surface area contributed by atoms with E-state index in [1.54, 1.807) is 6.07 Å². The number of aromatic nitrogens is 1. The normalized spacial score (nSPS) is 10.2. The zero-order chi connectivity index (χ0) is 15.2. The molecular weight excluding hydrogens is 276 g/mol. The molecule has 1 aromatic heterocycles. The fourth-order valence-corrected chi connectivity index (χ4v) is 1.68. The van der Waals surface area contributed by atoms with Gasteiger partial charge in [0.1, 0.15) is 17.3 Å². The quantitative estimate of drug-likeness (QED) is 0.887. The van der Waals surface area contributed by atoms with Gasteiger partial charge in [0, 0.05) is 12.6 Å². The average molecular weight is 291 g/mol. The third-order valence-electron chi connectivity index (χ3n) is 2.75. The molecule has 2 rings (SSSR count). The maximum atomic E-state index is 13.4. The van der Waals surface area contributed by atoms with Crippen LogP contribution < -0.4 is 10.6 Å². The Morgan fingerprint density at radius 1 is 1.24 bits per heavy atom. The fraction of sp³-hybridized carbons (Fsp3) is 0.200. The molecule has 0 aliphatic carbocycles. The Balaban J connectivity index is 2.06. The summed E-state index contributed by atoms with van der Waals surface area (Å²) < 4.78 is 26.2. The van der Waals surface area contributed by atoms with Crippen LogP contribution in [0.1, 0.15) is 23.8 Å². The number of halogens is 2. The van der Waals surface area contributed by atoms with E-state index in [0.29, 0.717) is 6.07 Å². The lowest BCUT2D eigenvalue weighted by Gasteiger charge is -2.07. The van der Waals surface area contributed by atoms with Crippen LogP contribution in [0, 0.1) is 11.6 Å². The van der Waals surface area contributed by atoms with E-state index >= 15 is 0 Å². The number of rotatable bonds is 5. The van der Waals surface area contributed by atoms with E-state index in [9.17, 15) is 13.6 Å². The van der Waals surface area contributed by atoms with Crippen molar-refractivity contribution in [1.29, 1.82) is 0 Å². The summed E-state index contributed by atoms with van der Waals surface area (Å²) in [6.07, 6.45) is 2.51. The zero-order valence-electron chi connectivity index (χ0n) is 11.5. The number of hydrogen-bond acceptors (Lipinski definition) is 3. The first-order valence-electron chi connectivity index (χ1n) is 6.56. The highest BCUT2D eigenvalue weighted by Crippen LogP contribution is 2.16. The molecule has 2 aromatic rings. The van der Waals surface area contributed by atoms with Crippen molar-refractivity contribution >= 4 is 17.3 Å². The molecule has 6 heteroatoms. The Morgan fingerprint density at radius 3 is 2.67 bits per heavy atom. The van der Waals surface area contributed by atoms with Gasteiger partial charge < -0.3 is 10.6 Å². The Kier molecular flexibility index (Phi) is 4.81. The van der Waals surface area contributed by atoms with Crippen LogP contribution in [0.4, 0.5) is 20.2 Å². The Morgan fingerprint density at radius 2 is 2.05 bits per heavy atom. The van der Waals surface area contributed by atoms with Crippen LogP contribution in [0.3, 0.4) is 0 Å². The molecule has 1 aromatic carbocycles. The van der Waals surface area contributed by atoms with E-state index in [1.807, 2.05) is 6.92 Å². The van der Waals surface area contributed by atoms with Crippen molar-refractivity contribution in [2.45, 2.75) is 13.3 Å². The largest absolute Gasteiger partial charge is 0.384 e. The second kappa shape index (κ2) is 6.78. The van der Waals surface area contributed by atoms with Gasteiger partial charge in [-0.25, -0.2) is 13.8 Å². The van der Waals surface area contributed by atoms with Gasteiger partial charge in [0.25, 0.3) is 5.91 Å². The first-order chi connectivity index (χ1) is 10.1. The number of benzene rings is 1. The Bertz CT molecular complexity index is 629. The van der Waals surface area contributed by atoms with Crippen LogP contribution in [0.5, 0.6) is 0 Å². The number of carbonyl (C=O) groups excluding carboxylic acids is 1. The first kappa shape index (κ1) is 14.9. The van der Waals surface area contributed by atoms with Gasteiger partial charge >= 0.3 is 0 Å². The first-order valence-corrected chi connectivity index (χ1v) is 6.56. The van der Waals surface area contributed by atoms with Gasteiger partial charge in [-0.2, -0.15) is 0 Å². The highest BCUT2D eigenvalue weighted by Gasteiger charge is 2.11. The van der Waals surface area contributed by atoms with Gasteiger partial charge in [-0.1, -0.05) is 6.92 Å². The van der Waals surface area contributed by atoms with Crippen molar-refractivity contribution in [2.75, 3.05) is 17.2 Å². The van der Waals surface area contributed by atoms with Crippen molar-refractivity contribution in [1.82, 2.24) is 4.98 Å². The highest BCUT2D eigenvalue weighted by atomic mass is 19.1. The molecule has 110 valence electrons. The van der Waals surface area contributed by atoms with Crippen LogP contribution in [0.25, 0.3) is 0 Å². The molecule has 1 amide bonds. The molecule has 1 heterocycles. The van der Waals surface area contributed by atoms with Gasteiger partial charge in [-0.3, -0.25) is 4.79 Å². The molecule has 0 saturated heterocycles. The molecule has 2 N–H and O–H groups in total. The summed E-state index contributed by atoms with van der Waals surface area (Å²) in [6.45, 7) is 2.85. The molecule has 0 saturated carbocycles. The van der Waals surface area contributed by atoms with Gasteiger partial charge in [0.2, 0.25) is 0 Å². The van der Waals surface area contributed by atoms with E-state index < -0.39 is 17.5 Å². The van der Waals surface area contributed by atoms with Crippen LogP contribution in [-0.2, 0) is 0 Å². The molecule has 0 atom stereocenters. The third kappa shape index (κ3) is 3.98. The number of nitrogens with zero attached hydrogens (tertiary/aromatic N) is 1. The predicted octanol–water partition coefficient (Wildman–Crippen LogP) is 3.43. The summed E-state index contributed by atoms with van der Waals surface area (Å²) in [4.78, 5) is 15.9. The molecular formula is C15H15F2N3O. The van der Waals surface area contributed by atoms with E-state index in [1.165, 1.54) is 18.3 Å². The van der Waals surface area contributed by atoms with E-state index in [-0.39, 0.29) is 11.4 Å². The summed E-state index contributed by atoms with van der Waals surface area (Å²) in [7, 11) is 0. The van der Waals surface area contributed by atoms with Crippen LogP contribution >= 0.6 is 0 Å². The molecule has 0 aliphatic heterocycles. The smallest absolute Gasteiger partial charge is 0.274 e. The lowest BCUT2D eigenvalue weighted by atomic mass is 10.2. The van der Waals surface area contributed by atoms with Crippen molar-refractivity contribution in [3.63, 3.8) is 0 Å². The molecule has 4 nitrogen and oxygen atoms in total. The maximum absolute atomic E-state index is 13.4. The van der Waals surface area contributed by atoms with E-state index in [0.717, 1.165) is 24.7 Å². The Labute approximate surface area is 121 Å². The number of amides is 1. The molecule has 0 aliphatic rings. The number of pyridine rings is 1. The van der Waals surface area contributed by atoms with Crippen LogP contribution in [0.2, 0.25) is 0 Å². The van der Waals surface area contributed by atoms with Crippen LogP contribution in [0.15, 0.2) is 36.5 Å². The minimum absolute atomic E-state index is 0.0867. The lowest BCUT2D eigenvalue weighted by Crippen LogP contribution is -2.15. The van der Waals surface area contributed by atoms with E-state index in [2.05, 4.69) is 15.6 Å². The summed E-state index contributed by atoms with van der Waals surface area (Å²) in [6, 6.07) is 6.21. The summed E-state index contributed by atoms with van der Waals surface area (Å²) in [5.41, 5.74) is 0.874. The molecule has 0 bridgehead atoms. The van der Waals surface area contributed by atoms with Crippen LogP contribution in [-0.4, -0.2) is 17.4 Å². The van der Waals surface area contributed by atoms with Crippen molar-refractivity contribution in [3.8, 4) is 0 Å². The summed E-state index contributed by atoms with van der Waals surface area (Å²) in [5, 5.41) is 5.48. The number of hydrogen-bond donors (Lipinski definition) is 2. The molecule has 21 heavy (non-hydrogen) atoms. The zero-order valence-corrected chi connectivity index (χ0v) is 11.5. The highest BCUT2D eigenvalue weighted by molar-refractivity contribution is 6.03. The number of anilines is 2. The molecule has 0 unspecified atom stereocenters. The minimum atomic E-state index is -0.829. The maximum Gasteiger partial charge on any atom is 0.274 e. The van der Waals surface area contributed by atoms with Gasteiger partial charge in [-0.15, -0.1) is 0 Å². The van der Waals surface area contributed by atoms with Gasteiger partial charge in [0.05, 0.1) is 17.6 Å². The lowest BCUT2D eigenvalue weighted by molar-refractivity contribution is 0.102. The SMILES string of the molecule is CCCNc1ccc(C(=O)Nc2ccc(F)cc2F)nc1. The number of carbonyl (C=O) groups is 1. The van der Waals surface area contributed by atoms with Crippen molar-refractivity contribution in [3.05, 3.63) is 53.9 Å². The number of nitrogens with one attached hydrogen (secondary N) is 2. The molecule has 0 spiro atoms.